The number of nitrogens with two attached hydrogens (primary N) is 1. The number of primary amides is 1. The van der Waals surface area contributed by atoms with Crippen molar-refractivity contribution >= 4 is 23.5 Å². The standard InChI is InChI=1S/C15H20N4O3/c1-10-4-5-11(8-12(10)14(16)21)18-15(22)17-9-13(20)19-6-2-3-7-19/h4-5,8H,2-3,6-7,9H2,1H3,(H2,16,21)(H2,17,18,22). The van der Waals surface area contributed by atoms with E-state index < -0.39 is 11.9 Å². The first kappa shape index (κ1) is 15.8. The molecule has 22 heavy (non-hydrogen) atoms. The summed E-state index contributed by atoms with van der Waals surface area (Å²) in [6, 6.07) is 4.39. The zero-order chi connectivity index (χ0) is 16.1. The van der Waals surface area contributed by atoms with Crippen molar-refractivity contribution in [3.63, 3.8) is 0 Å². The van der Waals surface area contributed by atoms with Gasteiger partial charge in [0.05, 0.1) is 6.54 Å². The Hall–Kier alpha value is -2.57. The lowest BCUT2D eigenvalue weighted by Crippen LogP contribution is -2.40. The largest absolute Gasteiger partial charge is 0.366 e. The molecule has 0 aliphatic carbocycles. The van der Waals surface area contributed by atoms with Crippen LogP contribution in [0.1, 0.15) is 28.8 Å². The molecule has 0 unspecified atom stereocenters. The van der Waals surface area contributed by atoms with Crippen molar-refractivity contribution in [2.75, 3.05) is 25.0 Å². The number of urea groups is 1. The molecule has 0 spiro atoms. The number of carbonyl (C=O) groups excluding carboxylic acids is 3. The lowest BCUT2D eigenvalue weighted by Gasteiger charge is -2.15. The quantitative estimate of drug-likeness (QED) is 0.767. The highest BCUT2D eigenvalue weighted by molar-refractivity contribution is 5.97. The highest BCUT2D eigenvalue weighted by Gasteiger charge is 2.18. The number of nitrogens with one attached hydrogen (secondary N) is 2. The van der Waals surface area contributed by atoms with Gasteiger partial charge < -0.3 is 21.3 Å². The monoisotopic (exact) mass is 304 g/mol. The summed E-state index contributed by atoms with van der Waals surface area (Å²) in [7, 11) is 0. The van der Waals surface area contributed by atoms with Crippen molar-refractivity contribution in [2.45, 2.75) is 19.8 Å². The second-order valence-electron chi connectivity index (χ2n) is 5.29. The van der Waals surface area contributed by atoms with Crippen LogP contribution >= 0.6 is 0 Å². The first-order chi connectivity index (χ1) is 10.5. The fourth-order valence-corrected chi connectivity index (χ4v) is 2.37. The molecule has 4 N–H and O–H groups in total. The van der Waals surface area contributed by atoms with E-state index in [4.69, 9.17) is 5.73 Å². The van der Waals surface area contributed by atoms with Crippen molar-refractivity contribution in [2.24, 2.45) is 5.73 Å². The van der Waals surface area contributed by atoms with Gasteiger partial charge in [0.15, 0.2) is 0 Å². The molecule has 7 heteroatoms. The number of benzene rings is 1. The zero-order valence-corrected chi connectivity index (χ0v) is 12.5. The maximum absolute atomic E-state index is 11.8. The molecule has 7 nitrogen and oxygen atoms in total. The number of rotatable bonds is 4. The van der Waals surface area contributed by atoms with Crippen molar-refractivity contribution < 1.29 is 14.4 Å². The topological polar surface area (TPSA) is 105 Å². The molecule has 1 aliphatic heterocycles. The molecule has 1 saturated heterocycles. The number of amides is 4. The third-order valence-electron chi connectivity index (χ3n) is 3.62. The Morgan fingerprint density at radius 3 is 2.55 bits per heavy atom. The average Bonchev–Trinajstić information content (AvgIpc) is 3.01. The van der Waals surface area contributed by atoms with Gasteiger partial charge in [-0.15, -0.1) is 0 Å². The fraction of sp³-hybridized carbons (Fsp3) is 0.400. The molecule has 1 aromatic rings. The van der Waals surface area contributed by atoms with E-state index in [9.17, 15) is 14.4 Å². The van der Waals surface area contributed by atoms with Crippen molar-refractivity contribution in [3.8, 4) is 0 Å². The normalized spacial score (nSPS) is 13.8. The van der Waals surface area contributed by atoms with Crippen LogP contribution in [-0.4, -0.2) is 42.4 Å². The van der Waals surface area contributed by atoms with E-state index in [1.54, 1.807) is 24.0 Å². The molecule has 1 aromatic carbocycles. The lowest BCUT2D eigenvalue weighted by atomic mass is 10.1. The van der Waals surface area contributed by atoms with E-state index in [1.807, 2.05) is 0 Å². The van der Waals surface area contributed by atoms with Gasteiger partial charge in [-0.05, 0) is 37.5 Å². The Labute approximate surface area is 128 Å². The number of likely N-dealkylation sites (tertiary alicyclic amines) is 1. The first-order valence-electron chi connectivity index (χ1n) is 7.20. The molecule has 0 aromatic heterocycles. The van der Waals surface area contributed by atoms with E-state index >= 15 is 0 Å². The molecule has 2 rings (SSSR count). The van der Waals surface area contributed by atoms with Crippen LogP contribution in [-0.2, 0) is 4.79 Å². The molecule has 0 radical (unpaired) electrons. The molecule has 0 bridgehead atoms. The van der Waals surface area contributed by atoms with Crippen LogP contribution < -0.4 is 16.4 Å². The van der Waals surface area contributed by atoms with Crippen LogP contribution in [0.15, 0.2) is 18.2 Å². The number of aryl methyl sites for hydroxylation is 1. The minimum Gasteiger partial charge on any atom is -0.366 e. The molecule has 4 amide bonds. The molecular formula is C15H20N4O3. The molecule has 0 saturated carbocycles. The lowest BCUT2D eigenvalue weighted by molar-refractivity contribution is -0.128. The molecule has 1 heterocycles. The second-order valence-corrected chi connectivity index (χ2v) is 5.29. The van der Waals surface area contributed by atoms with Crippen LogP contribution in [0.25, 0.3) is 0 Å². The molecular weight excluding hydrogens is 284 g/mol. The molecule has 0 atom stereocenters. The molecule has 1 aliphatic rings. The smallest absolute Gasteiger partial charge is 0.319 e. The fourth-order valence-electron chi connectivity index (χ4n) is 2.37. The summed E-state index contributed by atoms with van der Waals surface area (Å²) in [4.78, 5) is 36.6. The maximum atomic E-state index is 11.8. The van der Waals surface area contributed by atoms with Crippen LogP contribution in [0.5, 0.6) is 0 Å². The Morgan fingerprint density at radius 1 is 1.23 bits per heavy atom. The van der Waals surface area contributed by atoms with E-state index in [0.29, 0.717) is 11.3 Å². The number of carbonyl (C=O) groups is 3. The Kier molecular flexibility index (Phi) is 4.98. The average molecular weight is 304 g/mol. The van der Waals surface area contributed by atoms with Gasteiger partial charge in [-0.3, -0.25) is 9.59 Å². The highest BCUT2D eigenvalue weighted by atomic mass is 16.2. The Bertz CT molecular complexity index is 594. The third-order valence-corrected chi connectivity index (χ3v) is 3.62. The van der Waals surface area contributed by atoms with E-state index in [-0.39, 0.29) is 12.5 Å². The predicted molar refractivity (Wildman–Crippen MR) is 82.5 cm³/mol. The van der Waals surface area contributed by atoms with E-state index in [1.165, 1.54) is 6.07 Å². The predicted octanol–water partition coefficient (Wildman–Crippen LogP) is 0.838. The van der Waals surface area contributed by atoms with Gasteiger partial charge in [0.25, 0.3) is 0 Å². The van der Waals surface area contributed by atoms with Crippen molar-refractivity contribution in [1.29, 1.82) is 0 Å². The van der Waals surface area contributed by atoms with Gasteiger partial charge >= 0.3 is 6.03 Å². The molecule has 1 fully saturated rings. The van der Waals surface area contributed by atoms with Gasteiger partial charge in [0, 0.05) is 24.3 Å². The van der Waals surface area contributed by atoms with Gasteiger partial charge in [-0.1, -0.05) is 6.07 Å². The van der Waals surface area contributed by atoms with Gasteiger partial charge in [0.2, 0.25) is 11.8 Å². The zero-order valence-electron chi connectivity index (χ0n) is 12.5. The maximum Gasteiger partial charge on any atom is 0.319 e. The van der Waals surface area contributed by atoms with Crippen LogP contribution in [0.2, 0.25) is 0 Å². The first-order valence-corrected chi connectivity index (χ1v) is 7.20. The number of hydrogen-bond donors (Lipinski definition) is 3. The second kappa shape index (κ2) is 6.93. The minimum absolute atomic E-state index is 0.0413. The number of hydrogen-bond acceptors (Lipinski definition) is 3. The van der Waals surface area contributed by atoms with Crippen molar-refractivity contribution in [1.82, 2.24) is 10.2 Å². The van der Waals surface area contributed by atoms with E-state index in [0.717, 1.165) is 31.5 Å². The van der Waals surface area contributed by atoms with Gasteiger partial charge in [-0.2, -0.15) is 0 Å². The van der Waals surface area contributed by atoms with E-state index in [2.05, 4.69) is 10.6 Å². The van der Waals surface area contributed by atoms with Crippen LogP contribution in [0, 0.1) is 6.92 Å². The molecule has 118 valence electrons. The summed E-state index contributed by atoms with van der Waals surface area (Å²) in [6.07, 6.45) is 2.02. The number of anilines is 1. The SMILES string of the molecule is Cc1ccc(NC(=O)NCC(=O)N2CCCC2)cc1C(N)=O. The Balaban J connectivity index is 1.87. The summed E-state index contributed by atoms with van der Waals surface area (Å²) < 4.78 is 0. The minimum atomic E-state index is -0.550. The van der Waals surface area contributed by atoms with Crippen molar-refractivity contribution in [3.05, 3.63) is 29.3 Å². The summed E-state index contributed by atoms with van der Waals surface area (Å²) >= 11 is 0. The third kappa shape index (κ3) is 3.97. The van der Waals surface area contributed by atoms with Crippen LogP contribution in [0.4, 0.5) is 10.5 Å². The summed E-state index contributed by atoms with van der Waals surface area (Å²) in [5, 5.41) is 5.10. The number of nitrogens with zero attached hydrogens (tertiary/aromatic N) is 1. The summed E-state index contributed by atoms with van der Waals surface area (Å²) in [6.45, 7) is 3.23. The summed E-state index contributed by atoms with van der Waals surface area (Å²) in [5.74, 6) is -0.639. The highest BCUT2D eigenvalue weighted by Crippen LogP contribution is 2.14. The Morgan fingerprint density at radius 2 is 1.91 bits per heavy atom. The van der Waals surface area contributed by atoms with Gasteiger partial charge in [-0.25, -0.2) is 4.79 Å². The summed E-state index contributed by atoms with van der Waals surface area (Å²) in [5.41, 5.74) is 6.81. The van der Waals surface area contributed by atoms with Gasteiger partial charge in [0.1, 0.15) is 0 Å². The van der Waals surface area contributed by atoms with Crippen LogP contribution in [0.3, 0.4) is 0 Å².